The summed E-state index contributed by atoms with van der Waals surface area (Å²) in [5.41, 5.74) is 2.52. The van der Waals surface area contributed by atoms with Crippen molar-refractivity contribution in [1.82, 2.24) is 0 Å². The zero-order valence-corrected chi connectivity index (χ0v) is 11.9. The Kier molecular flexibility index (Phi) is 4.40. The van der Waals surface area contributed by atoms with E-state index in [2.05, 4.69) is 30.9 Å². The van der Waals surface area contributed by atoms with E-state index in [1.54, 1.807) is 0 Å². The van der Waals surface area contributed by atoms with Crippen molar-refractivity contribution < 1.29 is 9.90 Å². The molecule has 1 saturated carbocycles. The molecule has 0 aromatic heterocycles. The van der Waals surface area contributed by atoms with Crippen molar-refractivity contribution >= 4 is 14.6 Å². The van der Waals surface area contributed by atoms with Gasteiger partial charge in [0, 0.05) is 5.41 Å². The average molecular weight is 264 g/mol. The van der Waals surface area contributed by atoms with E-state index in [1.165, 1.54) is 17.3 Å². The van der Waals surface area contributed by atoms with Crippen molar-refractivity contribution in [3.8, 4) is 0 Å². The molecule has 1 fully saturated rings. The van der Waals surface area contributed by atoms with Crippen LogP contribution in [0.2, 0.25) is 0 Å². The molecule has 1 aromatic carbocycles. The van der Waals surface area contributed by atoms with Crippen molar-refractivity contribution in [2.45, 2.75) is 37.5 Å². The van der Waals surface area contributed by atoms with E-state index < -0.39 is 5.97 Å². The molecule has 3 heteroatoms. The predicted molar refractivity (Wildman–Crippen MR) is 77.0 cm³/mol. The van der Waals surface area contributed by atoms with Crippen molar-refractivity contribution in [2.24, 2.45) is 0 Å². The lowest BCUT2D eigenvalue weighted by molar-refractivity contribution is -0.139. The van der Waals surface area contributed by atoms with Gasteiger partial charge >= 0.3 is 5.97 Å². The Balaban J connectivity index is 2.10. The van der Waals surface area contributed by atoms with Gasteiger partial charge in [0.05, 0.1) is 6.42 Å². The monoisotopic (exact) mass is 264 g/mol. The minimum Gasteiger partial charge on any atom is -0.481 e. The van der Waals surface area contributed by atoms with Gasteiger partial charge in [0.1, 0.15) is 0 Å². The van der Waals surface area contributed by atoms with Crippen LogP contribution in [0.25, 0.3) is 0 Å². The lowest BCUT2D eigenvalue weighted by Gasteiger charge is -2.41. The summed E-state index contributed by atoms with van der Waals surface area (Å²) in [4.78, 5) is 11.0. The molecule has 0 amide bonds. The van der Waals surface area contributed by atoms with Gasteiger partial charge < -0.3 is 5.11 Å². The van der Waals surface area contributed by atoms with Gasteiger partial charge in [0.2, 0.25) is 0 Å². The highest BCUT2D eigenvalue weighted by atomic mass is 31.1. The number of aryl methyl sites for hydroxylation is 1. The summed E-state index contributed by atoms with van der Waals surface area (Å²) in [5, 5.41) is 9.05. The fraction of sp³-hybridized carbons (Fsp3) is 0.533. The molecule has 1 unspecified atom stereocenters. The first-order valence-electron chi connectivity index (χ1n) is 6.62. The zero-order chi connectivity index (χ0) is 13.0. The Morgan fingerprint density at radius 1 is 1.33 bits per heavy atom. The van der Waals surface area contributed by atoms with Crippen LogP contribution in [0.4, 0.5) is 0 Å². The van der Waals surface area contributed by atoms with Crippen LogP contribution in [-0.2, 0) is 16.6 Å². The number of hydrogen-bond acceptors (Lipinski definition) is 1. The van der Waals surface area contributed by atoms with Gasteiger partial charge in [-0.25, -0.2) is 0 Å². The molecule has 0 heterocycles. The van der Waals surface area contributed by atoms with E-state index in [-0.39, 0.29) is 11.8 Å². The molecule has 1 aliphatic carbocycles. The number of rotatable bonds is 6. The predicted octanol–water partition coefficient (Wildman–Crippen LogP) is 3.43. The first kappa shape index (κ1) is 13.5. The first-order valence-corrected chi connectivity index (χ1v) is 8.33. The van der Waals surface area contributed by atoms with E-state index in [0.717, 1.165) is 34.3 Å². The first-order chi connectivity index (χ1) is 8.66. The molecule has 0 bridgehead atoms. The molecule has 0 radical (unpaired) electrons. The maximum atomic E-state index is 11.0. The largest absolute Gasteiger partial charge is 0.481 e. The highest BCUT2D eigenvalue weighted by Crippen LogP contribution is 2.46. The van der Waals surface area contributed by atoms with Crippen molar-refractivity contribution in [2.75, 3.05) is 12.8 Å². The van der Waals surface area contributed by atoms with Crippen molar-refractivity contribution in [1.29, 1.82) is 0 Å². The molecule has 18 heavy (non-hydrogen) atoms. The van der Waals surface area contributed by atoms with Gasteiger partial charge in [-0.2, -0.15) is 0 Å². The van der Waals surface area contributed by atoms with E-state index in [1.807, 2.05) is 0 Å². The van der Waals surface area contributed by atoms with E-state index >= 15 is 0 Å². The van der Waals surface area contributed by atoms with Crippen LogP contribution >= 0.6 is 8.58 Å². The van der Waals surface area contributed by atoms with Crippen LogP contribution in [-0.4, -0.2) is 23.9 Å². The maximum Gasteiger partial charge on any atom is 0.304 e. The number of carbonyl (C=O) groups is 1. The summed E-state index contributed by atoms with van der Waals surface area (Å²) >= 11 is 0. The summed E-state index contributed by atoms with van der Waals surface area (Å²) in [5.74, 6) is -0.675. The Morgan fingerprint density at radius 3 is 2.44 bits per heavy atom. The topological polar surface area (TPSA) is 37.3 Å². The number of hydrogen-bond donors (Lipinski definition) is 1. The fourth-order valence-electron chi connectivity index (χ4n) is 2.75. The molecular formula is C15H21O2P. The number of carboxylic acid groups (broad SMARTS) is 1. The van der Waals surface area contributed by atoms with Crippen molar-refractivity contribution in [3.05, 3.63) is 35.4 Å². The maximum absolute atomic E-state index is 11.0. The van der Waals surface area contributed by atoms with Crippen LogP contribution < -0.4 is 0 Å². The molecule has 0 spiro atoms. The summed E-state index contributed by atoms with van der Waals surface area (Å²) in [6.45, 7) is 2.23. The lowest BCUT2D eigenvalue weighted by atomic mass is 9.62. The lowest BCUT2D eigenvalue weighted by Crippen LogP contribution is -2.36. The molecule has 1 aliphatic rings. The summed E-state index contributed by atoms with van der Waals surface area (Å²) in [7, 11) is 1.000. The minimum absolute atomic E-state index is 0.0725. The van der Waals surface area contributed by atoms with Gasteiger partial charge in [-0.1, -0.05) is 30.7 Å². The molecular weight excluding hydrogens is 243 g/mol. The Morgan fingerprint density at radius 2 is 2.00 bits per heavy atom. The summed E-state index contributed by atoms with van der Waals surface area (Å²) in [6, 6.07) is 8.65. The Bertz CT molecular complexity index is 407. The molecule has 98 valence electrons. The van der Waals surface area contributed by atoms with Crippen LogP contribution in [0.1, 0.15) is 36.8 Å². The smallest absolute Gasteiger partial charge is 0.304 e. The van der Waals surface area contributed by atoms with Crippen LogP contribution in [0.3, 0.4) is 0 Å². The number of benzene rings is 1. The molecule has 2 rings (SSSR count). The molecule has 0 saturated heterocycles. The summed E-state index contributed by atoms with van der Waals surface area (Å²) < 4.78 is 0. The average Bonchev–Trinajstić information content (AvgIpc) is 2.32. The van der Waals surface area contributed by atoms with Crippen LogP contribution in [0.15, 0.2) is 24.3 Å². The van der Waals surface area contributed by atoms with Crippen LogP contribution in [0.5, 0.6) is 0 Å². The quantitative estimate of drug-likeness (QED) is 0.799. The second-order valence-electron chi connectivity index (χ2n) is 5.25. The highest BCUT2D eigenvalue weighted by Gasteiger charge is 2.40. The fourth-order valence-corrected chi connectivity index (χ4v) is 3.29. The van der Waals surface area contributed by atoms with Gasteiger partial charge in [0.25, 0.3) is 0 Å². The molecule has 1 aromatic rings. The minimum atomic E-state index is -0.675. The molecule has 2 nitrogen and oxygen atoms in total. The van der Waals surface area contributed by atoms with E-state index in [9.17, 15) is 4.79 Å². The normalized spacial score (nSPS) is 17.8. The molecule has 1 N–H and O–H groups in total. The molecule has 1 atom stereocenters. The summed E-state index contributed by atoms with van der Waals surface area (Å²) in [6.07, 6.45) is 5.87. The van der Waals surface area contributed by atoms with E-state index in [4.69, 9.17) is 5.11 Å². The number of aliphatic carboxylic acids is 1. The third-order valence-corrected chi connectivity index (χ3v) is 4.78. The zero-order valence-electron chi connectivity index (χ0n) is 10.9. The highest BCUT2D eigenvalue weighted by molar-refractivity contribution is 7.36. The van der Waals surface area contributed by atoms with Gasteiger partial charge in [0.15, 0.2) is 0 Å². The van der Waals surface area contributed by atoms with Crippen LogP contribution in [0, 0.1) is 0 Å². The van der Waals surface area contributed by atoms with Crippen molar-refractivity contribution in [3.63, 3.8) is 0 Å². The second kappa shape index (κ2) is 5.84. The number of carboxylic acids is 1. The third kappa shape index (κ3) is 2.92. The SMILES string of the molecule is CPCCc1ccc(C2(CC(=O)O)CCC2)cc1. The second-order valence-corrected chi connectivity index (χ2v) is 6.46. The molecule has 0 aliphatic heterocycles. The van der Waals surface area contributed by atoms with Gasteiger partial charge in [-0.15, -0.1) is 8.58 Å². The standard InChI is InChI=1S/C15H21O2P/c1-18-10-7-12-3-5-13(6-4-12)15(8-2-9-15)11-14(16)17/h3-6,18H,2,7-11H2,1H3,(H,16,17). The van der Waals surface area contributed by atoms with Gasteiger partial charge in [-0.05, 0) is 43.2 Å². The van der Waals surface area contributed by atoms with E-state index in [0.29, 0.717) is 0 Å². The third-order valence-electron chi connectivity index (χ3n) is 4.03. The Hall–Kier alpha value is -0.880. The van der Waals surface area contributed by atoms with Gasteiger partial charge in [-0.3, -0.25) is 4.79 Å². The Labute approximate surface area is 111 Å².